The second kappa shape index (κ2) is 6.19. The summed E-state index contributed by atoms with van der Waals surface area (Å²) >= 11 is 1.16. The molecule has 1 N–H and O–H groups in total. The summed E-state index contributed by atoms with van der Waals surface area (Å²) in [5, 5.41) is 23.2. The van der Waals surface area contributed by atoms with Gasteiger partial charge in [-0.05, 0) is 25.0 Å². The van der Waals surface area contributed by atoms with Crippen LogP contribution >= 0.6 is 12.0 Å². The van der Waals surface area contributed by atoms with Crippen LogP contribution in [-0.2, 0) is 4.18 Å². The van der Waals surface area contributed by atoms with Gasteiger partial charge in [-0.3, -0.25) is 4.99 Å². The van der Waals surface area contributed by atoms with Crippen molar-refractivity contribution < 1.29 is 9.29 Å². The molecule has 1 aromatic rings. The number of nitrogens with zero attached hydrogens (tertiary/aromatic N) is 2. The number of aliphatic hydroxyl groups excluding tert-OH is 1. The van der Waals surface area contributed by atoms with E-state index in [1.165, 1.54) is 0 Å². The van der Waals surface area contributed by atoms with E-state index in [2.05, 4.69) is 4.99 Å². The fourth-order valence-electron chi connectivity index (χ4n) is 1.76. The van der Waals surface area contributed by atoms with Crippen LogP contribution in [0.25, 0.3) is 5.70 Å². The quantitative estimate of drug-likeness (QED) is 0.611. The fourth-order valence-corrected chi connectivity index (χ4v) is 2.38. The van der Waals surface area contributed by atoms with Crippen molar-refractivity contribution in [2.75, 3.05) is 19.0 Å². The lowest BCUT2D eigenvalue weighted by atomic mass is 10.2. The number of benzene rings is 1. The third kappa shape index (κ3) is 2.84. The zero-order chi connectivity index (χ0) is 13.0. The summed E-state index contributed by atoms with van der Waals surface area (Å²) in [4.78, 5) is 4.40. The summed E-state index contributed by atoms with van der Waals surface area (Å²) in [6.45, 7) is 2.03. The van der Waals surface area contributed by atoms with Gasteiger partial charge in [0.15, 0.2) is 0 Å². The molecule has 0 aromatic heterocycles. The SMILES string of the molecule is CC1=c2ccccc2=NC(CSOCCO)N1[O-]. The van der Waals surface area contributed by atoms with Crippen LogP contribution in [0.15, 0.2) is 29.3 Å². The normalized spacial score (nSPS) is 18.5. The maximum Gasteiger partial charge on any atom is 0.123 e. The number of para-hydroxylation sites is 1. The first kappa shape index (κ1) is 13.4. The fraction of sp³-hybridized carbons (Fsp3) is 0.417. The maximum absolute atomic E-state index is 12.0. The Kier molecular flexibility index (Phi) is 4.60. The van der Waals surface area contributed by atoms with Gasteiger partial charge >= 0.3 is 0 Å². The van der Waals surface area contributed by atoms with Crippen LogP contribution in [0.5, 0.6) is 0 Å². The number of hydrogen-bond acceptors (Lipinski definition) is 6. The second-order valence-corrected chi connectivity index (χ2v) is 4.67. The van der Waals surface area contributed by atoms with Crippen LogP contribution in [0.4, 0.5) is 0 Å². The third-order valence-electron chi connectivity index (χ3n) is 2.66. The van der Waals surface area contributed by atoms with Gasteiger partial charge in [0.05, 0.1) is 24.3 Å². The monoisotopic (exact) mass is 267 g/mol. The van der Waals surface area contributed by atoms with Crippen molar-refractivity contribution in [2.45, 2.75) is 13.1 Å². The Morgan fingerprint density at radius 1 is 1.50 bits per heavy atom. The average molecular weight is 267 g/mol. The van der Waals surface area contributed by atoms with Crippen molar-refractivity contribution >= 4 is 17.7 Å². The van der Waals surface area contributed by atoms with Crippen molar-refractivity contribution in [1.29, 1.82) is 0 Å². The minimum absolute atomic E-state index is 0.0239. The largest absolute Gasteiger partial charge is 0.757 e. The van der Waals surface area contributed by atoms with E-state index in [0.717, 1.165) is 27.7 Å². The summed E-state index contributed by atoms with van der Waals surface area (Å²) in [7, 11) is 0. The molecule has 0 saturated heterocycles. The van der Waals surface area contributed by atoms with Crippen LogP contribution in [0, 0.1) is 5.21 Å². The number of hydroxylamine groups is 2. The summed E-state index contributed by atoms with van der Waals surface area (Å²) in [6.07, 6.45) is -0.469. The number of fused-ring (bicyclic) bond motifs is 1. The van der Waals surface area contributed by atoms with Crippen molar-refractivity contribution in [3.8, 4) is 0 Å². The van der Waals surface area contributed by atoms with Crippen molar-refractivity contribution in [3.05, 3.63) is 40.0 Å². The highest BCUT2D eigenvalue weighted by Gasteiger charge is 2.14. The molecule has 0 amide bonds. The minimum Gasteiger partial charge on any atom is -0.757 e. The van der Waals surface area contributed by atoms with E-state index < -0.39 is 6.17 Å². The van der Waals surface area contributed by atoms with Gasteiger partial charge in [0.1, 0.15) is 6.17 Å². The van der Waals surface area contributed by atoms with Crippen molar-refractivity contribution in [1.82, 2.24) is 5.06 Å². The third-order valence-corrected chi connectivity index (χ3v) is 3.43. The van der Waals surface area contributed by atoms with Crippen molar-refractivity contribution in [2.24, 2.45) is 4.99 Å². The number of aliphatic hydroxyl groups is 1. The number of hydrogen-bond donors (Lipinski definition) is 1. The van der Waals surface area contributed by atoms with E-state index in [0.29, 0.717) is 11.4 Å². The van der Waals surface area contributed by atoms with Crippen molar-refractivity contribution in [3.63, 3.8) is 0 Å². The van der Waals surface area contributed by atoms with Crippen LogP contribution < -0.4 is 10.6 Å². The number of rotatable bonds is 5. The maximum atomic E-state index is 12.0. The standard InChI is InChI=1S/C12H15N2O3S/c1-9-10-4-2-3-5-11(10)13-12(14(9)16)8-18-17-7-6-15/h2-5,12,15H,6-8H2,1H3/q-1. The van der Waals surface area contributed by atoms with E-state index in [1.54, 1.807) is 6.92 Å². The first-order chi connectivity index (χ1) is 8.74. The van der Waals surface area contributed by atoms with Gasteiger partial charge < -0.3 is 19.6 Å². The molecule has 2 rings (SSSR count). The molecule has 1 atom stereocenters. The molecule has 1 heterocycles. The molecular weight excluding hydrogens is 252 g/mol. The zero-order valence-electron chi connectivity index (χ0n) is 10.1. The topological polar surface area (TPSA) is 68.1 Å². The molecular formula is C12H15N2O3S-. The molecule has 98 valence electrons. The molecule has 1 aromatic carbocycles. The van der Waals surface area contributed by atoms with E-state index in [-0.39, 0.29) is 13.2 Å². The van der Waals surface area contributed by atoms with Gasteiger partial charge in [0.2, 0.25) is 0 Å². The van der Waals surface area contributed by atoms with Gasteiger partial charge in [-0.2, -0.15) is 0 Å². The Hall–Kier alpha value is -1.08. The predicted molar refractivity (Wildman–Crippen MR) is 70.8 cm³/mol. The summed E-state index contributed by atoms with van der Waals surface area (Å²) in [5.41, 5.74) is 0.674. The van der Waals surface area contributed by atoms with Crippen LogP contribution in [0.3, 0.4) is 0 Å². The highest BCUT2D eigenvalue weighted by Crippen LogP contribution is 2.15. The molecule has 5 nitrogen and oxygen atoms in total. The lowest BCUT2D eigenvalue weighted by molar-refractivity contribution is 0.220. The zero-order valence-corrected chi connectivity index (χ0v) is 10.9. The highest BCUT2D eigenvalue weighted by atomic mass is 32.2. The molecule has 18 heavy (non-hydrogen) atoms. The Balaban J connectivity index is 2.14. The molecule has 1 aliphatic heterocycles. The summed E-state index contributed by atoms with van der Waals surface area (Å²) in [6, 6.07) is 7.59. The summed E-state index contributed by atoms with van der Waals surface area (Å²) in [5.74, 6) is 0.440. The van der Waals surface area contributed by atoms with Gasteiger partial charge in [-0.1, -0.05) is 18.2 Å². The van der Waals surface area contributed by atoms with E-state index in [4.69, 9.17) is 9.29 Å². The van der Waals surface area contributed by atoms with Crippen LogP contribution in [0.1, 0.15) is 6.92 Å². The molecule has 1 unspecified atom stereocenters. The molecule has 0 aliphatic carbocycles. The molecule has 6 heteroatoms. The molecule has 0 radical (unpaired) electrons. The van der Waals surface area contributed by atoms with Gasteiger partial charge in [-0.25, -0.2) is 0 Å². The highest BCUT2D eigenvalue weighted by molar-refractivity contribution is 7.94. The van der Waals surface area contributed by atoms with Crippen LogP contribution in [0.2, 0.25) is 0 Å². The molecule has 0 bridgehead atoms. The van der Waals surface area contributed by atoms with Crippen LogP contribution in [-0.4, -0.2) is 35.3 Å². The van der Waals surface area contributed by atoms with E-state index in [1.807, 2.05) is 24.3 Å². The molecule has 1 aliphatic rings. The van der Waals surface area contributed by atoms with Gasteiger partial charge in [-0.15, -0.1) is 0 Å². The Morgan fingerprint density at radius 2 is 2.28 bits per heavy atom. The first-order valence-corrected chi connectivity index (χ1v) is 6.60. The molecule has 0 fully saturated rings. The van der Waals surface area contributed by atoms with E-state index in [9.17, 15) is 5.21 Å². The minimum atomic E-state index is -0.469. The van der Waals surface area contributed by atoms with Gasteiger partial charge in [0.25, 0.3) is 0 Å². The smallest absolute Gasteiger partial charge is 0.123 e. The Bertz CT molecular complexity index is 520. The molecule has 0 saturated carbocycles. The molecule has 0 spiro atoms. The van der Waals surface area contributed by atoms with Gasteiger partial charge in [0, 0.05) is 10.9 Å². The second-order valence-electron chi connectivity index (χ2n) is 3.87. The lowest BCUT2D eigenvalue weighted by Gasteiger charge is -2.39. The first-order valence-electron chi connectivity index (χ1n) is 5.69. The predicted octanol–water partition coefficient (Wildman–Crippen LogP) is 0.231. The Morgan fingerprint density at radius 3 is 3.06 bits per heavy atom. The van der Waals surface area contributed by atoms with E-state index >= 15 is 0 Å². The lowest BCUT2D eigenvalue weighted by Crippen LogP contribution is -2.43. The Labute approximate surface area is 110 Å². The summed E-state index contributed by atoms with van der Waals surface area (Å²) < 4.78 is 5.09. The average Bonchev–Trinajstić information content (AvgIpc) is 2.40.